The molecule has 0 unspecified atom stereocenters. The van der Waals surface area contributed by atoms with Crippen LogP contribution in [0, 0.1) is 0 Å². The van der Waals surface area contributed by atoms with Gasteiger partial charge >= 0.3 is 0 Å². The third-order valence-electron chi connectivity index (χ3n) is 5.65. The molecule has 0 saturated heterocycles. The van der Waals surface area contributed by atoms with Crippen LogP contribution in [0.15, 0.2) is 58.3 Å². The molecule has 176 valence electrons. The molecule has 0 spiro atoms. The lowest BCUT2D eigenvalue weighted by Crippen LogP contribution is -2.49. The molecule has 0 radical (unpaired) electrons. The Hall–Kier alpha value is -0.940. The molecule has 2 aromatic rings. The molecule has 0 aromatic heterocycles. The van der Waals surface area contributed by atoms with Crippen LogP contribution in [0.3, 0.4) is 0 Å². The Morgan fingerprint density at radius 3 is 1.41 bits per heavy atom. The fraction of sp³-hybridized carbons (Fsp3) is 0.571. The third-order valence-corrected chi connectivity index (χ3v) is 8.11. The van der Waals surface area contributed by atoms with Crippen LogP contribution in [0.1, 0.15) is 78.4 Å². The molecule has 0 amide bonds. The molecule has 1 aliphatic carbocycles. The van der Waals surface area contributed by atoms with E-state index in [1.165, 1.54) is 46.6 Å². The fourth-order valence-corrected chi connectivity index (χ4v) is 6.42. The summed E-state index contributed by atoms with van der Waals surface area (Å²) in [5, 5.41) is 7.84. The minimum Gasteiger partial charge on any atom is -0.308 e. The second-order valence-electron chi connectivity index (χ2n) is 10.9. The monoisotopic (exact) mass is 470 g/mol. The summed E-state index contributed by atoms with van der Waals surface area (Å²) in [6.45, 7) is 15.6. The molecule has 1 fully saturated rings. The van der Waals surface area contributed by atoms with E-state index in [-0.39, 0.29) is 9.49 Å². The van der Waals surface area contributed by atoms with Crippen molar-refractivity contribution in [1.29, 1.82) is 0 Å². The van der Waals surface area contributed by atoms with E-state index in [1.54, 1.807) is 0 Å². The Morgan fingerprint density at radius 1 is 0.656 bits per heavy atom. The van der Waals surface area contributed by atoms with Crippen LogP contribution in [0.4, 0.5) is 0 Å². The highest BCUT2D eigenvalue weighted by atomic mass is 32.2. The first-order valence-corrected chi connectivity index (χ1v) is 13.7. The highest BCUT2D eigenvalue weighted by Gasteiger charge is 2.25. The van der Waals surface area contributed by atoms with Gasteiger partial charge in [-0.05, 0) is 36.1 Å². The van der Waals surface area contributed by atoms with Crippen molar-refractivity contribution in [2.45, 2.75) is 112 Å². The fourth-order valence-electron chi connectivity index (χ4n) is 4.26. The van der Waals surface area contributed by atoms with Crippen molar-refractivity contribution in [3.63, 3.8) is 0 Å². The summed E-state index contributed by atoms with van der Waals surface area (Å²) in [5.74, 6) is 0. The van der Waals surface area contributed by atoms with Gasteiger partial charge in [-0.1, -0.05) is 90.8 Å². The average molecular weight is 471 g/mol. The predicted octanol–water partition coefficient (Wildman–Crippen LogP) is 7.66. The molecule has 2 N–H and O–H groups in total. The van der Waals surface area contributed by atoms with Crippen LogP contribution in [-0.4, -0.2) is 21.6 Å². The average Bonchev–Trinajstić information content (AvgIpc) is 2.71. The smallest absolute Gasteiger partial charge is 0.0224 e. The SMILES string of the molecule is CC(C)(C)Sc1ccccc1CN[C@@H]1CCCC[C@H]1NCc1ccccc1SC(C)(C)C. The molecule has 32 heavy (non-hydrogen) atoms. The maximum atomic E-state index is 3.92. The molecule has 4 heteroatoms. The van der Waals surface area contributed by atoms with E-state index in [1.807, 2.05) is 23.5 Å². The van der Waals surface area contributed by atoms with E-state index in [4.69, 9.17) is 0 Å². The highest BCUT2D eigenvalue weighted by molar-refractivity contribution is 8.00. The van der Waals surface area contributed by atoms with Crippen molar-refractivity contribution >= 4 is 23.5 Å². The van der Waals surface area contributed by atoms with Gasteiger partial charge in [0.25, 0.3) is 0 Å². The summed E-state index contributed by atoms with van der Waals surface area (Å²) in [4.78, 5) is 2.81. The molecule has 2 atom stereocenters. The minimum atomic E-state index is 0.226. The summed E-state index contributed by atoms with van der Waals surface area (Å²) < 4.78 is 0.451. The number of thioether (sulfide) groups is 2. The van der Waals surface area contributed by atoms with Crippen LogP contribution >= 0.6 is 23.5 Å². The summed E-state index contributed by atoms with van der Waals surface area (Å²) in [6.07, 6.45) is 5.16. The second kappa shape index (κ2) is 11.5. The number of nitrogens with one attached hydrogen (secondary N) is 2. The topological polar surface area (TPSA) is 24.1 Å². The maximum absolute atomic E-state index is 3.92. The van der Waals surface area contributed by atoms with Gasteiger partial charge in [-0.25, -0.2) is 0 Å². The van der Waals surface area contributed by atoms with Gasteiger partial charge in [0.15, 0.2) is 0 Å². The van der Waals surface area contributed by atoms with E-state index < -0.39 is 0 Å². The highest BCUT2D eigenvalue weighted by Crippen LogP contribution is 2.35. The normalized spacial score (nSPS) is 19.8. The molecule has 0 aliphatic heterocycles. The number of hydrogen-bond acceptors (Lipinski definition) is 4. The largest absolute Gasteiger partial charge is 0.308 e. The first kappa shape index (κ1) is 25.7. The molecular weight excluding hydrogens is 428 g/mol. The van der Waals surface area contributed by atoms with E-state index in [9.17, 15) is 0 Å². The zero-order valence-electron chi connectivity index (χ0n) is 20.8. The zero-order valence-corrected chi connectivity index (χ0v) is 22.5. The van der Waals surface area contributed by atoms with Crippen molar-refractivity contribution < 1.29 is 0 Å². The zero-order chi connectivity index (χ0) is 23.2. The van der Waals surface area contributed by atoms with Gasteiger partial charge in [0.2, 0.25) is 0 Å². The van der Waals surface area contributed by atoms with Gasteiger partial charge in [0.05, 0.1) is 0 Å². The molecule has 0 bridgehead atoms. The molecule has 3 rings (SSSR count). The maximum Gasteiger partial charge on any atom is 0.0224 e. The van der Waals surface area contributed by atoms with Crippen molar-refractivity contribution in [3.8, 4) is 0 Å². The van der Waals surface area contributed by atoms with Crippen LogP contribution in [0.5, 0.6) is 0 Å². The van der Waals surface area contributed by atoms with Crippen molar-refractivity contribution in [2.24, 2.45) is 0 Å². The van der Waals surface area contributed by atoms with Gasteiger partial charge < -0.3 is 10.6 Å². The van der Waals surface area contributed by atoms with Crippen molar-refractivity contribution in [2.75, 3.05) is 0 Å². The van der Waals surface area contributed by atoms with Crippen LogP contribution < -0.4 is 10.6 Å². The first-order chi connectivity index (χ1) is 15.1. The van der Waals surface area contributed by atoms with E-state index in [0.29, 0.717) is 12.1 Å². The molecule has 0 heterocycles. The standard InChI is InChI=1S/C28H42N2S2/c1-27(2,3)31-25-17-11-7-13-21(25)19-29-23-15-9-10-16-24(23)30-20-22-14-8-12-18-26(22)32-28(4,5)6/h7-8,11-14,17-18,23-24,29-30H,9-10,15-16,19-20H2,1-6H3/t23-,24-/m1/s1. The van der Waals surface area contributed by atoms with Crippen LogP contribution in [0.25, 0.3) is 0 Å². The Kier molecular flexibility index (Phi) is 9.20. The first-order valence-electron chi connectivity index (χ1n) is 12.1. The van der Waals surface area contributed by atoms with Gasteiger partial charge in [-0.2, -0.15) is 0 Å². The molecule has 2 aromatic carbocycles. The van der Waals surface area contributed by atoms with Gasteiger partial charge in [0, 0.05) is 44.5 Å². The summed E-state index contributed by atoms with van der Waals surface area (Å²) in [5.41, 5.74) is 2.84. The minimum absolute atomic E-state index is 0.226. The summed E-state index contributed by atoms with van der Waals surface area (Å²) in [6, 6.07) is 18.8. The van der Waals surface area contributed by atoms with E-state index in [0.717, 1.165) is 13.1 Å². The van der Waals surface area contributed by atoms with E-state index in [2.05, 4.69) is 101 Å². The molecule has 1 saturated carbocycles. The van der Waals surface area contributed by atoms with Gasteiger partial charge in [-0.3, -0.25) is 0 Å². The molecule has 1 aliphatic rings. The van der Waals surface area contributed by atoms with Crippen LogP contribution in [-0.2, 0) is 13.1 Å². The summed E-state index contributed by atoms with van der Waals surface area (Å²) in [7, 11) is 0. The summed E-state index contributed by atoms with van der Waals surface area (Å²) >= 11 is 3.94. The number of rotatable bonds is 8. The molecular formula is C28H42N2S2. The lowest BCUT2D eigenvalue weighted by Gasteiger charge is -2.34. The van der Waals surface area contributed by atoms with E-state index >= 15 is 0 Å². The second-order valence-corrected chi connectivity index (χ2v) is 14.6. The quantitative estimate of drug-likeness (QED) is 0.387. The Morgan fingerprint density at radius 2 is 1.03 bits per heavy atom. The van der Waals surface area contributed by atoms with Gasteiger partial charge in [-0.15, -0.1) is 23.5 Å². The Labute approximate surface area is 205 Å². The Bertz CT molecular complexity index is 779. The predicted molar refractivity (Wildman–Crippen MR) is 144 cm³/mol. The Balaban J connectivity index is 1.62. The lowest BCUT2D eigenvalue weighted by atomic mass is 9.90. The number of hydrogen-bond donors (Lipinski definition) is 2. The van der Waals surface area contributed by atoms with Crippen LogP contribution in [0.2, 0.25) is 0 Å². The third kappa shape index (κ3) is 8.44. The lowest BCUT2D eigenvalue weighted by molar-refractivity contribution is 0.280. The molecule has 2 nitrogen and oxygen atoms in total. The van der Waals surface area contributed by atoms with Crippen molar-refractivity contribution in [3.05, 3.63) is 59.7 Å². The van der Waals surface area contributed by atoms with Crippen molar-refractivity contribution in [1.82, 2.24) is 10.6 Å². The van der Waals surface area contributed by atoms with Gasteiger partial charge in [0.1, 0.15) is 0 Å². The number of benzene rings is 2.